The Bertz CT molecular complexity index is 200. The first-order chi connectivity index (χ1) is 6.04. The SMILES string of the molecule is CCC(=O)[C@@]1(C)CC(OC)C[C@H]1C. The molecule has 1 aliphatic carbocycles. The average Bonchev–Trinajstić information content (AvgIpc) is 2.42. The molecule has 76 valence electrons. The van der Waals surface area contributed by atoms with Crippen molar-refractivity contribution in [1.29, 1.82) is 0 Å². The minimum Gasteiger partial charge on any atom is -0.381 e. The molecule has 0 aromatic rings. The van der Waals surface area contributed by atoms with E-state index in [1.54, 1.807) is 7.11 Å². The zero-order valence-corrected chi connectivity index (χ0v) is 9.09. The molecule has 13 heavy (non-hydrogen) atoms. The minimum atomic E-state index is -0.130. The lowest BCUT2D eigenvalue weighted by atomic mass is 9.76. The van der Waals surface area contributed by atoms with Crippen molar-refractivity contribution in [3.8, 4) is 0 Å². The normalized spacial score (nSPS) is 39.4. The summed E-state index contributed by atoms with van der Waals surface area (Å²) in [4.78, 5) is 11.8. The molecule has 0 aliphatic heterocycles. The smallest absolute Gasteiger partial charge is 0.138 e. The predicted molar refractivity (Wildman–Crippen MR) is 52.6 cm³/mol. The van der Waals surface area contributed by atoms with Crippen LogP contribution in [0.2, 0.25) is 0 Å². The molecular weight excluding hydrogens is 164 g/mol. The van der Waals surface area contributed by atoms with Gasteiger partial charge in [-0.3, -0.25) is 4.79 Å². The van der Waals surface area contributed by atoms with E-state index in [2.05, 4.69) is 13.8 Å². The van der Waals surface area contributed by atoms with Crippen LogP contribution in [-0.4, -0.2) is 19.0 Å². The molecule has 2 heteroatoms. The summed E-state index contributed by atoms with van der Waals surface area (Å²) in [5.41, 5.74) is -0.130. The third-order valence-electron chi connectivity index (χ3n) is 3.65. The van der Waals surface area contributed by atoms with E-state index in [-0.39, 0.29) is 11.5 Å². The van der Waals surface area contributed by atoms with Gasteiger partial charge < -0.3 is 4.74 Å². The van der Waals surface area contributed by atoms with E-state index in [1.165, 1.54) is 0 Å². The molecule has 1 aliphatic rings. The molecule has 1 saturated carbocycles. The maximum atomic E-state index is 11.8. The van der Waals surface area contributed by atoms with Gasteiger partial charge >= 0.3 is 0 Å². The van der Waals surface area contributed by atoms with Crippen molar-refractivity contribution >= 4 is 5.78 Å². The summed E-state index contributed by atoms with van der Waals surface area (Å²) in [6, 6.07) is 0. The van der Waals surface area contributed by atoms with Gasteiger partial charge in [0.25, 0.3) is 0 Å². The number of carbonyl (C=O) groups excluding carboxylic acids is 1. The van der Waals surface area contributed by atoms with Gasteiger partial charge in [-0.1, -0.05) is 20.8 Å². The van der Waals surface area contributed by atoms with E-state index in [0.717, 1.165) is 12.8 Å². The summed E-state index contributed by atoms with van der Waals surface area (Å²) in [5.74, 6) is 0.851. The summed E-state index contributed by atoms with van der Waals surface area (Å²) in [6.45, 7) is 6.19. The largest absolute Gasteiger partial charge is 0.381 e. The van der Waals surface area contributed by atoms with Gasteiger partial charge in [0.1, 0.15) is 5.78 Å². The molecule has 0 aromatic heterocycles. The van der Waals surface area contributed by atoms with Gasteiger partial charge in [0, 0.05) is 18.9 Å². The summed E-state index contributed by atoms with van der Waals surface area (Å²) in [5, 5.41) is 0. The lowest BCUT2D eigenvalue weighted by Crippen LogP contribution is -2.30. The number of hydrogen-bond acceptors (Lipinski definition) is 2. The second-order valence-corrected chi connectivity index (χ2v) is 4.39. The lowest BCUT2D eigenvalue weighted by molar-refractivity contribution is -0.129. The fraction of sp³-hybridized carbons (Fsp3) is 0.909. The lowest BCUT2D eigenvalue weighted by Gasteiger charge is -2.26. The number of Topliss-reactive ketones (excluding diaryl/α,β-unsaturated/α-hetero) is 1. The van der Waals surface area contributed by atoms with Crippen LogP contribution < -0.4 is 0 Å². The minimum absolute atomic E-state index is 0.130. The number of carbonyl (C=O) groups is 1. The van der Waals surface area contributed by atoms with Crippen molar-refractivity contribution in [1.82, 2.24) is 0 Å². The average molecular weight is 184 g/mol. The van der Waals surface area contributed by atoms with E-state index >= 15 is 0 Å². The molecule has 0 bridgehead atoms. The number of hydrogen-bond donors (Lipinski definition) is 0. The van der Waals surface area contributed by atoms with Crippen LogP contribution in [0.15, 0.2) is 0 Å². The first-order valence-corrected chi connectivity index (χ1v) is 5.10. The Morgan fingerprint density at radius 2 is 2.23 bits per heavy atom. The van der Waals surface area contributed by atoms with Crippen molar-refractivity contribution in [2.75, 3.05) is 7.11 Å². The maximum Gasteiger partial charge on any atom is 0.138 e. The third kappa shape index (κ3) is 1.78. The number of ether oxygens (including phenoxy) is 1. The van der Waals surface area contributed by atoms with Crippen molar-refractivity contribution < 1.29 is 9.53 Å². The quantitative estimate of drug-likeness (QED) is 0.673. The van der Waals surface area contributed by atoms with Crippen molar-refractivity contribution in [3.63, 3.8) is 0 Å². The molecule has 2 nitrogen and oxygen atoms in total. The standard InChI is InChI=1S/C11H20O2/c1-5-10(12)11(3)7-9(13-4)6-8(11)2/h8-9H,5-7H2,1-4H3/t8-,9?,11+/m1/s1. The number of methoxy groups -OCH3 is 1. The van der Waals surface area contributed by atoms with Crippen LogP contribution in [0.25, 0.3) is 0 Å². The van der Waals surface area contributed by atoms with Crippen LogP contribution >= 0.6 is 0 Å². The van der Waals surface area contributed by atoms with E-state index in [0.29, 0.717) is 18.1 Å². The van der Waals surface area contributed by atoms with E-state index in [1.807, 2.05) is 6.92 Å². The van der Waals surface area contributed by atoms with E-state index < -0.39 is 0 Å². The molecular formula is C11H20O2. The van der Waals surface area contributed by atoms with Gasteiger partial charge in [-0.05, 0) is 18.8 Å². The fourth-order valence-corrected chi connectivity index (χ4v) is 2.38. The van der Waals surface area contributed by atoms with Gasteiger partial charge in [0.2, 0.25) is 0 Å². The molecule has 0 amide bonds. The highest BCUT2D eigenvalue weighted by molar-refractivity contribution is 5.84. The molecule has 0 aromatic carbocycles. The van der Waals surface area contributed by atoms with Gasteiger partial charge in [-0.2, -0.15) is 0 Å². The second kappa shape index (κ2) is 3.79. The molecule has 1 rings (SSSR count). The summed E-state index contributed by atoms with van der Waals surface area (Å²) in [6.07, 6.45) is 2.86. The van der Waals surface area contributed by atoms with Crippen molar-refractivity contribution in [2.45, 2.75) is 46.1 Å². The van der Waals surface area contributed by atoms with Crippen LogP contribution in [0.4, 0.5) is 0 Å². The summed E-state index contributed by atoms with van der Waals surface area (Å²) >= 11 is 0. The number of rotatable bonds is 3. The van der Waals surface area contributed by atoms with Crippen LogP contribution in [0, 0.1) is 11.3 Å². The highest BCUT2D eigenvalue weighted by atomic mass is 16.5. The second-order valence-electron chi connectivity index (χ2n) is 4.39. The Kier molecular flexibility index (Phi) is 3.12. The zero-order chi connectivity index (χ0) is 10.1. The topological polar surface area (TPSA) is 26.3 Å². The molecule has 0 saturated heterocycles. The molecule has 1 unspecified atom stereocenters. The Hall–Kier alpha value is -0.370. The van der Waals surface area contributed by atoms with Crippen molar-refractivity contribution in [3.05, 3.63) is 0 Å². The van der Waals surface area contributed by atoms with Gasteiger partial charge in [0.15, 0.2) is 0 Å². The first kappa shape index (κ1) is 10.7. The van der Waals surface area contributed by atoms with Crippen LogP contribution in [0.5, 0.6) is 0 Å². The maximum absolute atomic E-state index is 11.8. The molecule has 0 heterocycles. The molecule has 0 N–H and O–H groups in total. The molecule has 0 radical (unpaired) electrons. The van der Waals surface area contributed by atoms with E-state index in [4.69, 9.17) is 4.74 Å². The van der Waals surface area contributed by atoms with Gasteiger partial charge in [-0.15, -0.1) is 0 Å². The van der Waals surface area contributed by atoms with Crippen molar-refractivity contribution in [2.24, 2.45) is 11.3 Å². The van der Waals surface area contributed by atoms with E-state index in [9.17, 15) is 4.79 Å². The predicted octanol–water partition coefficient (Wildman–Crippen LogP) is 2.42. The Morgan fingerprint density at radius 1 is 1.62 bits per heavy atom. The molecule has 1 fully saturated rings. The van der Waals surface area contributed by atoms with Gasteiger partial charge in [0.05, 0.1) is 6.10 Å². The van der Waals surface area contributed by atoms with Gasteiger partial charge in [-0.25, -0.2) is 0 Å². The third-order valence-corrected chi connectivity index (χ3v) is 3.65. The zero-order valence-electron chi connectivity index (χ0n) is 9.09. The summed E-state index contributed by atoms with van der Waals surface area (Å²) < 4.78 is 5.32. The first-order valence-electron chi connectivity index (χ1n) is 5.10. The fourth-order valence-electron chi connectivity index (χ4n) is 2.38. The summed E-state index contributed by atoms with van der Waals surface area (Å²) in [7, 11) is 1.74. The molecule has 3 atom stereocenters. The Morgan fingerprint density at radius 3 is 2.62 bits per heavy atom. The van der Waals surface area contributed by atoms with Crippen LogP contribution in [0.3, 0.4) is 0 Å². The monoisotopic (exact) mass is 184 g/mol. The number of ketones is 1. The highest BCUT2D eigenvalue weighted by Gasteiger charge is 2.45. The van der Waals surface area contributed by atoms with Crippen LogP contribution in [-0.2, 0) is 9.53 Å². The van der Waals surface area contributed by atoms with Crippen LogP contribution in [0.1, 0.15) is 40.0 Å². The molecule has 0 spiro atoms. The Labute approximate surface area is 80.7 Å². The highest BCUT2D eigenvalue weighted by Crippen LogP contribution is 2.45. The Balaban J connectivity index is 2.74.